The average Bonchev–Trinajstić information content (AvgIpc) is 2.42. The van der Waals surface area contributed by atoms with Gasteiger partial charge in [-0.25, -0.2) is 0 Å². The molecule has 3 heteroatoms. The van der Waals surface area contributed by atoms with Crippen molar-refractivity contribution in [1.82, 2.24) is 10.2 Å². The molecular weight excluding hydrogens is 256 g/mol. The number of halogens is 1. The Kier molecular flexibility index (Phi) is 6.15. The zero-order valence-corrected chi connectivity index (χ0v) is 12.6. The van der Waals surface area contributed by atoms with Crippen LogP contribution in [-0.4, -0.2) is 37.1 Å². The van der Waals surface area contributed by atoms with Crippen LogP contribution in [0.25, 0.3) is 0 Å². The highest BCUT2D eigenvalue weighted by Gasteiger charge is 2.12. The lowest BCUT2D eigenvalue weighted by atomic mass is 10.1. The standard InChI is InChI=1S/C16H25ClN2/c1-14(13-19-11-3-2-4-12-19)18-10-9-15-5-7-16(17)8-6-15/h5-8,14,18H,2-4,9-13H2,1H3. The third-order valence-electron chi connectivity index (χ3n) is 3.80. The minimum Gasteiger partial charge on any atom is -0.313 e. The molecule has 0 aliphatic carbocycles. The summed E-state index contributed by atoms with van der Waals surface area (Å²) in [6.45, 7) is 7.07. The van der Waals surface area contributed by atoms with Gasteiger partial charge in [0.1, 0.15) is 0 Å². The SMILES string of the molecule is CC(CN1CCCCC1)NCCc1ccc(Cl)cc1. The van der Waals surface area contributed by atoms with Gasteiger partial charge in [0, 0.05) is 17.6 Å². The maximum atomic E-state index is 5.88. The van der Waals surface area contributed by atoms with Crippen LogP contribution in [0.15, 0.2) is 24.3 Å². The Balaban J connectivity index is 1.63. The van der Waals surface area contributed by atoms with E-state index in [1.165, 1.54) is 44.5 Å². The fourth-order valence-corrected chi connectivity index (χ4v) is 2.83. The van der Waals surface area contributed by atoms with Crippen LogP contribution in [0.5, 0.6) is 0 Å². The molecule has 1 fully saturated rings. The average molecular weight is 281 g/mol. The van der Waals surface area contributed by atoms with E-state index in [2.05, 4.69) is 29.3 Å². The first-order chi connectivity index (χ1) is 9.24. The van der Waals surface area contributed by atoms with Crippen molar-refractivity contribution in [3.8, 4) is 0 Å². The van der Waals surface area contributed by atoms with E-state index in [1.807, 2.05) is 12.1 Å². The lowest BCUT2D eigenvalue weighted by molar-refractivity contribution is 0.209. The number of hydrogen-bond donors (Lipinski definition) is 1. The van der Waals surface area contributed by atoms with Gasteiger partial charge in [-0.3, -0.25) is 0 Å². The molecule has 1 aromatic carbocycles. The molecule has 1 atom stereocenters. The van der Waals surface area contributed by atoms with E-state index in [0.717, 1.165) is 18.0 Å². The number of hydrogen-bond acceptors (Lipinski definition) is 2. The molecule has 1 heterocycles. The van der Waals surface area contributed by atoms with E-state index < -0.39 is 0 Å². The van der Waals surface area contributed by atoms with Gasteiger partial charge in [0.05, 0.1) is 0 Å². The van der Waals surface area contributed by atoms with Crippen LogP contribution < -0.4 is 5.32 Å². The summed E-state index contributed by atoms with van der Waals surface area (Å²) in [6, 6.07) is 8.73. The Bertz CT molecular complexity index is 358. The second-order valence-corrected chi connectivity index (χ2v) is 6.03. The molecule has 0 amide bonds. The first-order valence-electron chi connectivity index (χ1n) is 7.44. The smallest absolute Gasteiger partial charge is 0.0406 e. The van der Waals surface area contributed by atoms with E-state index in [-0.39, 0.29) is 0 Å². The zero-order chi connectivity index (χ0) is 13.5. The molecule has 1 aliphatic rings. The molecule has 0 radical (unpaired) electrons. The highest BCUT2D eigenvalue weighted by atomic mass is 35.5. The van der Waals surface area contributed by atoms with Gasteiger partial charge in [0.25, 0.3) is 0 Å². The second kappa shape index (κ2) is 7.88. The van der Waals surface area contributed by atoms with Crippen LogP contribution >= 0.6 is 11.6 Å². The molecule has 2 nitrogen and oxygen atoms in total. The Morgan fingerprint density at radius 3 is 2.53 bits per heavy atom. The normalized spacial score (nSPS) is 18.4. The van der Waals surface area contributed by atoms with Gasteiger partial charge in [-0.2, -0.15) is 0 Å². The van der Waals surface area contributed by atoms with Crippen molar-refractivity contribution in [2.45, 2.75) is 38.6 Å². The minimum absolute atomic E-state index is 0.574. The third-order valence-corrected chi connectivity index (χ3v) is 4.05. The van der Waals surface area contributed by atoms with E-state index >= 15 is 0 Å². The van der Waals surface area contributed by atoms with Gasteiger partial charge in [-0.1, -0.05) is 30.2 Å². The Hall–Kier alpha value is -0.570. The summed E-state index contributed by atoms with van der Waals surface area (Å²) in [5, 5.41) is 4.43. The van der Waals surface area contributed by atoms with Gasteiger partial charge in [0.15, 0.2) is 0 Å². The lowest BCUT2D eigenvalue weighted by Gasteiger charge is -2.29. The molecular formula is C16H25ClN2. The van der Waals surface area contributed by atoms with Gasteiger partial charge in [-0.15, -0.1) is 0 Å². The van der Waals surface area contributed by atoms with Gasteiger partial charge in [-0.05, 0) is 63.5 Å². The Morgan fingerprint density at radius 2 is 1.84 bits per heavy atom. The van der Waals surface area contributed by atoms with E-state index in [4.69, 9.17) is 11.6 Å². The first kappa shape index (κ1) is 14.8. The number of nitrogens with zero attached hydrogens (tertiary/aromatic N) is 1. The summed E-state index contributed by atoms with van der Waals surface area (Å²) in [4.78, 5) is 2.59. The summed E-state index contributed by atoms with van der Waals surface area (Å²) in [7, 11) is 0. The van der Waals surface area contributed by atoms with E-state index in [0.29, 0.717) is 6.04 Å². The molecule has 19 heavy (non-hydrogen) atoms. The largest absolute Gasteiger partial charge is 0.313 e. The van der Waals surface area contributed by atoms with Crippen molar-refractivity contribution < 1.29 is 0 Å². The maximum absolute atomic E-state index is 5.88. The Labute approximate surface area is 122 Å². The molecule has 0 saturated carbocycles. The van der Waals surface area contributed by atoms with Crippen LogP contribution in [0, 0.1) is 0 Å². The molecule has 1 aliphatic heterocycles. The second-order valence-electron chi connectivity index (χ2n) is 5.59. The van der Waals surface area contributed by atoms with Crippen molar-refractivity contribution in [3.05, 3.63) is 34.9 Å². The van der Waals surface area contributed by atoms with Crippen molar-refractivity contribution in [3.63, 3.8) is 0 Å². The summed E-state index contributed by atoms with van der Waals surface area (Å²) in [6.07, 6.45) is 5.23. The quantitative estimate of drug-likeness (QED) is 0.860. The molecule has 106 valence electrons. The molecule has 2 rings (SSSR count). The van der Waals surface area contributed by atoms with Crippen molar-refractivity contribution >= 4 is 11.6 Å². The number of piperidine rings is 1. The molecule has 0 bridgehead atoms. The number of likely N-dealkylation sites (tertiary alicyclic amines) is 1. The van der Waals surface area contributed by atoms with Crippen molar-refractivity contribution in [2.24, 2.45) is 0 Å². The summed E-state index contributed by atoms with van der Waals surface area (Å²) >= 11 is 5.88. The monoisotopic (exact) mass is 280 g/mol. The molecule has 1 N–H and O–H groups in total. The van der Waals surface area contributed by atoms with Crippen LogP contribution in [0.4, 0.5) is 0 Å². The number of rotatable bonds is 6. The topological polar surface area (TPSA) is 15.3 Å². The molecule has 1 unspecified atom stereocenters. The molecule has 1 aromatic rings. The summed E-state index contributed by atoms with van der Waals surface area (Å²) < 4.78 is 0. The molecule has 1 saturated heterocycles. The van der Waals surface area contributed by atoms with Crippen LogP contribution in [0.3, 0.4) is 0 Å². The lowest BCUT2D eigenvalue weighted by Crippen LogP contribution is -2.42. The fourth-order valence-electron chi connectivity index (χ4n) is 2.71. The summed E-state index contributed by atoms with van der Waals surface area (Å²) in [5.74, 6) is 0. The van der Waals surface area contributed by atoms with E-state index in [1.54, 1.807) is 0 Å². The predicted octanol–water partition coefficient (Wildman–Crippen LogP) is 3.35. The van der Waals surface area contributed by atoms with Crippen molar-refractivity contribution in [2.75, 3.05) is 26.2 Å². The molecule has 0 spiro atoms. The minimum atomic E-state index is 0.574. The zero-order valence-electron chi connectivity index (χ0n) is 11.9. The van der Waals surface area contributed by atoms with Crippen LogP contribution in [-0.2, 0) is 6.42 Å². The highest BCUT2D eigenvalue weighted by molar-refractivity contribution is 6.30. The van der Waals surface area contributed by atoms with E-state index in [9.17, 15) is 0 Å². The number of nitrogens with one attached hydrogen (secondary N) is 1. The summed E-state index contributed by atoms with van der Waals surface area (Å²) in [5.41, 5.74) is 1.35. The maximum Gasteiger partial charge on any atom is 0.0406 e. The van der Waals surface area contributed by atoms with Crippen LogP contribution in [0.2, 0.25) is 5.02 Å². The first-order valence-corrected chi connectivity index (χ1v) is 7.82. The fraction of sp³-hybridized carbons (Fsp3) is 0.625. The number of benzene rings is 1. The predicted molar refractivity (Wildman–Crippen MR) is 82.9 cm³/mol. The Morgan fingerprint density at radius 1 is 1.16 bits per heavy atom. The third kappa shape index (κ3) is 5.52. The van der Waals surface area contributed by atoms with Gasteiger partial charge >= 0.3 is 0 Å². The van der Waals surface area contributed by atoms with Gasteiger partial charge < -0.3 is 10.2 Å². The highest BCUT2D eigenvalue weighted by Crippen LogP contribution is 2.10. The van der Waals surface area contributed by atoms with Gasteiger partial charge in [0.2, 0.25) is 0 Å². The van der Waals surface area contributed by atoms with Crippen molar-refractivity contribution in [1.29, 1.82) is 0 Å². The van der Waals surface area contributed by atoms with Crippen LogP contribution in [0.1, 0.15) is 31.7 Å². The molecule has 0 aromatic heterocycles.